The van der Waals surface area contributed by atoms with Crippen molar-refractivity contribution in [3.8, 4) is 0 Å². The van der Waals surface area contributed by atoms with Crippen molar-refractivity contribution in [1.82, 2.24) is 4.90 Å². The van der Waals surface area contributed by atoms with Crippen LogP contribution in [0.4, 0.5) is 0 Å². The minimum absolute atomic E-state index is 0.588. The summed E-state index contributed by atoms with van der Waals surface area (Å²) in [5.41, 5.74) is 0. The van der Waals surface area contributed by atoms with Crippen LogP contribution in [0.15, 0.2) is 0 Å². The van der Waals surface area contributed by atoms with E-state index >= 15 is 0 Å². The first-order valence-electron chi connectivity index (χ1n) is 4.29. The van der Waals surface area contributed by atoms with Crippen molar-refractivity contribution in [2.45, 2.75) is 0 Å². The Balaban J connectivity index is 2.47. The third kappa shape index (κ3) is 3.01. The van der Waals surface area contributed by atoms with Gasteiger partial charge in [0.05, 0.1) is 13.2 Å². The number of nitrogens with zero attached hydrogens (tertiary/aromatic N) is 1. The lowest BCUT2D eigenvalue weighted by Crippen LogP contribution is -2.51. The highest BCUT2D eigenvalue weighted by molar-refractivity contribution is 6.53. The van der Waals surface area contributed by atoms with E-state index in [9.17, 15) is 0 Å². The van der Waals surface area contributed by atoms with Gasteiger partial charge >= 0.3 is 9.05 Å². The minimum Gasteiger partial charge on any atom is -0.355 e. The zero-order chi connectivity index (χ0) is 9.73. The molecule has 0 amide bonds. The molecule has 0 unspecified atom stereocenters. The molecule has 0 N–H and O–H groups in total. The number of hydrogen-bond acceptors (Lipinski definition) is 5. The quantitative estimate of drug-likeness (QED) is 0.581. The average molecular weight is 207 g/mol. The van der Waals surface area contributed by atoms with Gasteiger partial charge in [0.15, 0.2) is 0 Å². The van der Waals surface area contributed by atoms with Gasteiger partial charge in [-0.25, -0.2) is 0 Å². The topological polar surface area (TPSA) is 40.2 Å². The van der Waals surface area contributed by atoms with Gasteiger partial charge in [-0.3, -0.25) is 0 Å². The Hall–Kier alpha value is 0.0169. The lowest BCUT2D eigenvalue weighted by molar-refractivity contribution is -0.0282. The Morgan fingerprint density at radius 3 is 1.92 bits per heavy atom. The molecular weight excluding hydrogens is 190 g/mol. The molecule has 1 heterocycles. The normalized spacial score (nSPS) is 25.2. The molecule has 1 aliphatic rings. The lowest BCUT2D eigenvalue weighted by Gasteiger charge is -2.29. The first-order chi connectivity index (χ1) is 6.22. The number of hydrogen-bond donors (Lipinski definition) is 0. The standard InChI is InChI=1S/C7H17NO4Si/c1-8-4-6-11-13(9-2,10-3)12-7-5-8/h4-7H2,1-3H3. The Kier molecular flexibility index (Phi) is 4.30. The fraction of sp³-hybridized carbons (Fsp3) is 1.00. The summed E-state index contributed by atoms with van der Waals surface area (Å²) in [6.45, 7) is 2.93. The van der Waals surface area contributed by atoms with Gasteiger partial charge in [-0.1, -0.05) is 0 Å². The van der Waals surface area contributed by atoms with Gasteiger partial charge in [0.25, 0.3) is 0 Å². The van der Waals surface area contributed by atoms with Gasteiger partial charge in [0.1, 0.15) is 0 Å². The molecule has 1 saturated heterocycles. The van der Waals surface area contributed by atoms with Gasteiger partial charge in [-0.2, -0.15) is 0 Å². The maximum atomic E-state index is 5.47. The molecule has 0 radical (unpaired) electrons. The second kappa shape index (κ2) is 5.04. The molecule has 13 heavy (non-hydrogen) atoms. The highest BCUT2D eigenvalue weighted by atomic mass is 28.4. The Morgan fingerprint density at radius 1 is 1.08 bits per heavy atom. The van der Waals surface area contributed by atoms with Gasteiger partial charge in [-0.15, -0.1) is 0 Å². The van der Waals surface area contributed by atoms with Crippen molar-refractivity contribution < 1.29 is 17.7 Å². The van der Waals surface area contributed by atoms with E-state index in [4.69, 9.17) is 17.7 Å². The molecule has 0 saturated carbocycles. The van der Waals surface area contributed by atoms with Crippen LogP contribution in [0, 0.1) is 0 Å². The molecule has 0 aliphatic carbocycles. The van der Waals surface area contributed by atoms with Crippen LogP contribution in [0.1, 0.15) is 0 Å². The summed E-state index contributed by atoms with van der Waals surface area (Å²) in [5.74, 6) is 0. The number of rotatable bonds is 2. The zero-order valence-corrected chi connectivity index (χ0v) is 9.41. The fourth-order valence-corrected chi connectivity index (χ4v) is 2.53. The largest absolute Gasteiger partial charge is 0.679 e. The molecule has 78 valence electrons. The van der Waals surface area contributed by atoms with Crippen molar-refractivity contribution in [1.29, 1.82) is 0 Å². The first kappa shape index (κ1) is 11.1. The maximum absolute atomic E-state index is 5.47. The molecule has 0 spiro atoms. The van der Waals surface area contributed by atoms with E-state index in [1.54, 1.807) is 14.2 Å². The zero-order valence-electron chi connectivity index (χ0n) is 8.41. The third-order valence-electron chi connectivity index (χ3n) is 2.00. The predicted molar refractivity (Wildman–Crippen MR) is 49.2 cm³/mol. The Bertz CT molecular complexity index is 141. The van der Waals surface area contributed by atoms with Gasteiger partial charge in [0, 0.05) is 27.3 Å². The highest BCUT2D eigenvalue weighted by Gasteiger charge is 2.44. The second-order valence-electron chi connectivity index (χ2n) is 2.91. The molecule has 0 aromatic carbocycles. The van der Waals surface area contributed by atoms with E-state index in [0.29, 0.717) is 13.2 Å². The van der Waals surface area contributed by atoms with E-state index in [1.807, 2.05) is 7.05 Å². The molecule has 1 fully saturated rings. The average Bonchev–Trinajstić information content (AvgIpc) is 2.12. The van der Waals surface area contributed by atoms with Crippen LogP contribution in [-0.2, 0) is 17.7 Å². The van der Waals surface area contributed by atoms with E-state index in [1.165, 1.54) is 0 Å². The summed E-state index contributed by atoms with van der Waals surface area (Å²) in [5, 5.41) is 0. The number of likely N-dealkylation sites (N-methyl/N-ethyl adjacent to an activating group) is 1. The first-order valence-corrected chi connectivity index (χ1v) is 5.92. The van der Waals surface area contributed by atoms with Crippen LogP contribution in [0.2, 0.25) is 0 Å². The van der Waals surface area contributed by atoms with Crippen molar-refractivity contribution in [2.75, 3.05) is 47.6 Å². The van der Waals surface area contributed by atoms with Crippen molar-refractivity contribution in [3.63, 3.8) is 0 Å². The van der Waals surface area contributed by atoms with E-state index in [2.05, 4.69) is 4.90 Å². The molecule has 0 atom stereocenters. The summed E-state index contributed by atoms with van der Waals surface area (Å²) >= 11 is 0. The summed E-state index contributed by atoms with van der Waals surface area (Å²) in [6, 6.07) is 0. The van der Waals surface area contributed by atoms with E-state index in [-0.39, 0.29) is 0 Å². The fourth-order valence-electron chi connectivity index (χ4n) is 1.13. The van der Waals surface area contributed by atoms with Crippen LogP contribution in [0.5, 0.6) is 0 Å². The molecule has 0 aromatic heterocycles. The smallest absolute Gasteiger partial charge is 0.355 e. The predicted octanol–water partition coefficient (Wildman–Crippen LogP) is -0.307. The highest BCUT2D eigenvalue weighted by Crippen LogP contribution is 2.10. The third-order valence-corrected chi connectivity index (χ3v) is 4.12. The summed E-state index contributed by atoms with van der Waals surface area (Å²) in [6.07, 6.45) is 0. The van der Waals surface area contributed by atoms with Crippen molar-refractivity contribution in [2.24, 2.45) is 0 Å². The Morgan fingerprint density at radius 2 is 1.54 bits per heavy atom. The van der Waals surface area contributed by atoms with Gasteiger partial charge < -0.3 is 22.6 Å². The van der Waals surface area contributed by atoms with E-state index in [0.717, 1.165) is 13.1 Å². The molecule has 1 aliphatic heterocycles. The van der Waals surface area contributed by atoms with Crippen molar-refractivity contribution in [3.05, 3.63) is 0 Å². The molecule has 6 heteroatoms. The molecular formula is C7H17NO4Si. The molecule has 0 bridgehead atoms. The molecule has 5 nitrogen and oxygen atoms in total. The monoisotopic (exact) mass is 207 g/mol. The van der Waals surface area contributed by atoms with Crippen LogP contribution >= 0.6 is 0 Å². The lowest BCUT2D eigenvalue weighted by atomic mass is 10.5. The van der Waals surface area contributed by atoms with Crippen molar-refractivity contribution >= 4 is 9.05 Å². The minimum atomic E-state index is -2.77. The summed E-state index contributed by atoms with van der Waals surface area (Å²) in [4.78, 5) is 2.14. The van der Waals surface area contributed by atoms with Crippen LogP contribution in [0.3, 0.4) is 0 Å². The molecule has 1 rings (SSSR count). The van der Waals surface area contributed by atoms with Crippen LogP contribution in [-0.4, -0.2) is 61.5 Å². The van der Waals surface area contributed by atoms with Crippen LogP contribution in [0.25, 0.3) is 0 Å². The molecule has 0 aromatic rings. The van der Waals surface area contributed by atoms with Crippen LogP contribution < -0.4 is 0 Å². The SMILES string of the molecule is CO[Si]1(OC)OCCN(C)CCO1. The van der Waals surface area contributed by atoms with Gasteiger partial charge in [-0.05, 0) is 7.05 Å². The summed E-state index contributed by atoms with van der Waals surface area (Å²) in [7, 11) is 2.37. The Labute approximate surface area is 80.0 Å². The summed E-state index contributed by atoms with van der Waals surface area (Å²) < 4.78 is 21.2. The van der Waals surface area contributed by atoms with Gasteiger partial charge in [0.2, 0.25) is 0 Å². The van der Waals surface area contributed by atoms with E-state index < -0.39 is 9.05 Å². The second-order valence-corrected chi connectivity index (χ2v) is 5.30. The maximum Gasteiger partial charge on any atom is 0.679 e.